The van der Waals surface area contributed by atoms with Gasteiger partial charge in [0.25, 0.3) is 0 Å². The van der Waals surface area contributed by atoms with Crippen LogP contribution in [0.5, 0.6) is 5.75 Å². The number of nitrogens with one attached hydrogen (secondary N) is 2. The molecule has 0 aliphatic heterocycles. The summed E-state index contributed by atoms with van der Waals surface area (Å²) in [6.07, 6.45) is -3.15. The van der Waals surface area contributed by atoms with Crippen molar-refractivity contribution in [3.05, 3.63) is 29.8 Å². The summed E-state index contributed by atoms with van der Waals surface area (Å²) in [5.41, 5.74) is -0.738. The highest BCUT2D eigenvalue weighted by atomic mass is 19.4. The van der Waals surface area contributed by atoms with Gasteiger partial charge in [-0.15, -0.1) is 0 Å². The third-order valence-electron chi connectivity index (χ3n) is 3.25. The molecule has 5 nitrogen and oxygen atoms in total. The van der Waals surface area contributed by atoms with Crippen molar-refractivity contribution in [2.45, 2.75) is 39.0 Å². The number of aliphatic hydroxyl groups is 1. The highest BCUT2D eigenvalue weighted by molar-refractivity contribution is 5.79. The summed E-state index contributed by atoms with van der Waals surface area (Å²) < 4.78 is 42.7. The number of aliphatic hydroxyl groups excluding tert-OH is 1. The maximum Gasteiger partial charge on any atom is 0.416 e. The second kappa shape index (κ2) is 10.8. The van der Waals surface area contributed by atoms with Gasteiger partial charge in [0.05, 0.1) is 12.1 Å². The lowest BCUT2D eigenvalue weighted by atomic mass is 10.2. The molecule has 0 aromatic heterocycles. The Hall–Kier alpha value is -1.96. The number of rotatable bonds is 9. The summed E-state index contributed by atoms with van der Waals surface area (Å²) in [4.78, 5) is 4.26. The molecular weight excluding hydrogens is 335 g/mol. The Bertz CT molecular complexity index is 519. The van der Waals surface area contributed by atoms with Gasteiger partial charge < -0.3 is 20.5 Å². The van der Waals surface area contributed by atoms with Crippen LogP contribution in [0.2, 0.25) is 0 Å². The van der Waals surface area contributed by atoms with E-state index >= 15 is 0 Å². The molecule has 1 unspecified atom stereocenters. The largest absolute Gasteiger partial charge is 0.491 e. The van der Waals surface area contributed by atoms with Crippen molar-refractivity contribution in [1.29, 1.82) is 0 Å². The summed E-state index contributed by atoms with van der Waals surface area (Å²) in [5.74, 6) is 0.883. The molecule has 8 heteroatoms. The molecule has 0 heterocycles. The van der Waals surface area contributed by atoms with Crippen molar-refractivity contribution >= 4 is 5.96 Å². The average molecular weight is 361 g/mol. The number of guanidine groups is 1. The first kappa shape index (κ1) is 21.1. The number of halogens is 3. The van der Waals surface area contributed by atoms with E-state index in [1.807, 2.05) is 6.92 Å². The van der Waals surface area contributed by atoms with E-state index < -0.39 is 17.8 Å². The topological polar surface area (TPSA) is 65.9 Å². The minimum absolute atomic E-state index is 0.0524. The van der Waals surface area contributed by atoms with Crippen LogP contribution in [0.25, 0.3) is 0 Å². The van der Waals surface area contributed by atoms with Crippen LogP contribution in [0, 0.1) is 0 Å². The Balaban J connectivity index is 2.44. The molecule has 1 atom stereocenters. The maximum absolute atomic E-state index is 12.5. The minimum Gasteiger partial charge on any atom is -0.491 e. The van der Waals surface area contributed by atoms with E-state index in [-0.39, 0.29) is 18.9 Å². The summed E-state index contributed by atoms with van der Waals surface area (Å²) in [6, 6.07) is 4.35. The molecule has 0 bridgehead atoms. The van der Waals surface area contributed by atoms with Gasteiger partial charge in [-0.25, -0.2) is 0 Å². The standard InChI is InChI=1S/C17H26F3N3O2/c1-3-5-10-22-16(21-4-2)23-11-14(24)12-25-15-8-6-13(7-9-15)17(18,19)20/h6-9,14,24H,3-5,10-12H2,1-2H3,(H2,21,22,23). The van der Waals surface area contributed by atoms with Crippen molar-refractivity contribution < 1.29 is 23.0 Å². The fourth-order valence-electron chi connectivity index (χ4n) is 1.91. The monoisotopic (exact) mass is 361 g/mol. The summed E-state index contributed by atoms with van der Waals surface area (Å²) in [7, 11) is 0. The molecule has 25 heavy (non-hydrogen) atoms. The summed E-state index contributed by atoms with van der Waals surface area (Å²) in [6.45, 7) is 5.61. The smallest absolute Gasteiger partial charge is 0.416 e. The van der Waals surface area contributed by atoms with Gasteiger partial charge in [0.1, 0.15) is 18.5 Å². The normalized spacial score (nSPS) is 13.4. The van der Waals surface area contributed by atoms with E-state index in [0.717, 1.165) is 31.5 Å². The van der Waals surface area contributed by atoms with Gasteiger partial charge >= 0.3 is 6.18 Å². The lowest BCUT2D eigenvalue weighted by Gasteiger charge is -2.14. The second-order valence-electron chi connectivity index (χ2n) is 5.49. The highest BCUT2D eigenvalue weighted by Gasteiger charge is 2.30. The van der Waals surface area contributed by atoms with Crippen LogP contribution in [0.4, 0.5) is 13.2 Å². The molecule has 0 spiro atoms. The first-order valence-corrected chi connectivity index (χ1v) is 8.37. The molecule has 0 radical (unpaired) electrons. The van der Waals surface area contributed by atoms with Gasteiger partial charge in [0.2, 0.25) is 0 Å². The van der Waals surface area contributed by atoms with Crippen LogP contribution >= 0.6 is 0 Å². The summed E-state index contributed by atoms with van der Waals surface area (Å²) in [5, 5.41) is 16.1. The number of alkyl halides is 3. The van der Waals surface area contributed by atoms with Crippen LogP contribution in [0.3, 0.4) is 0 Å². The second-order valence-corrected chi connectivity index (χ2v) is 5.49. The minimum atomic E-state index is -4.37. The Morgan fingerprint density at radius 1 is 1.20 bits per heavy atom. The van der Waals surface area contributed by atoms with Gasteiger partial charge in [0.15, 0.2) is 5.96 Å². The van der Waals surface area contributed by atoms with Gasteiger partial charge in [-0.1, -0.05) is 13.3 Å². The van der Waals surface area contributed by atoms with Crippen LogP contribution in [-0.2, 0) is 6.18 Å². The molecule has 0 saturated heterocycles. The molecule has 0 amide bonds. The van der Waals surface area contributed by atoms with E-state index in [1.165, 1.54) is 12.1 Å². The lowest BCUT2D eigenvalue weighted by molar-refractivity contribution is -0.137. The van der Waals surface area contributed by atoms with Crippen molar-refractivity contribution in [1.82, 2.24) is 10.6 Å². The zero-order valence-corrected chi connectivity index (χ0v) is 14.6. The number of benzene rings is 1. The molecule has 0 aliphatic rings. The van der Waals surface area contributed by atoms with Gasteiger partial charge in [-0.05, 0) is 37.6 Å². The number of hydrogen-bond donors (Lipinski definition) is 3. The van der Waals surface area contributed by atoms with E-state index in [2.05, 4.69) is 22.5 Å². The molecule has 3 N–H and O–H groups in total. The number of nitrogens with zero attached hydrogens (tertiary/aromatic N) is 1. The SMILES string of the molecule is CCCCNC(=NCC(O)COc1ccc(C(F)(F)F)cc1)NCC. The Morgan fingerprint density at radius 3 is 2.44 bits per heavy atom. The molecule has 142 valence electrons. The van der Waals surface area contributed by atoms with Crippen LogP contribution in [0.1, 0.15) is 32.3 Å². The molecule has 1 aromatic rings. The fraction of sp³-hybridized carbons (Fsp3) is 0.588. The molecular formula is C17H26F3N3O2. The third-order valence-corrected chi connectivity index (χ3v) is 3.25. The van der Waals surface area contributed by atoms with Crippen LogP contribution in [0.15, 0.2) is 29.3 Å². The number of hydrogen-bond acceptors (Lipinski definition) is 3. The predicted molar refractivity (Wildman–Crippen MR) is 91.8 cm³/mol. The molecule has 0 saturated carbocycles. The third kappa shape index (κ3) is 8.62. The van der Waals surface area contributed by atoms with Gasteiger partial charge in [-0.3, -0.25) is 4.99 Å². The van der Waals surface area contributed by atoms with Crippen molar-refractivity contribution in [2.75, 3.05) is 26.2 Å². The van der Waals surface area contributed by atoms with Crippen molar-refractivity contribution in [3.8, 4) is 5.75 Å². The Labute approximate surface area is 146 Å². The number of aliphatic imine (C=N–C) groups is 1. The van der Waals surface area contributed by atoms with E-state index in [0.29, 0.717) is 12.5 Å². The van der Waals surface area contributed by atoms with Crippen LogP contribution in [-0.4, -0.2) is 43.4 Å². The van der Waals surface area contributed by atoms with Crippen molar-refractivity contribution in [2.24, 2.45) is 4.99 Å². The van der Waals surface area contributed by atoms with E-state index in [9.17, 15) is 18.3 Å². The highest BCUT2D eigenvalue weighted by Crippen LogP contribution is 2.30. The molecule has 0 fully saturated rings. The molecule has 0 aliphatic carbocycles. The van der Waals surface area contributed by atoms with E-state index in [1.54, 1.807) is 0 Å². The van der Waals surface area contributed by atoms with Gasteiger partial charge in [0, 0.05) is 13.1 Å². The fourth-order valence-corrected chi connectivity index (χ4v) is 1.91. The zero-order valence-electron chi connectivity index (χ0n) is 14.6. The number of unbranched alkanes of at least 4 members (excludes halogenated alkanes) is 1. The lowest BCUT2D eigenvalue weighted by Crippen LogP contribution is -2.38. The maximum atomic E-state index is 12.5. The van der Waals surface area contributed by atoms with Gasteiger partial charge in [-0.2, -0.15) is 13.2 Å². The quantitative estimate of drug-likeness (QED) is 0.360. The Morgan fingerprint density at radius 2 is 1.88 bits per heavy atom. The van der Waals surface area contributed by atoms with Crippen molar-refractivity contribution in [3.63, 3.8) is 0 Å². The zero-order chi connectivity index (χ0) is 18.7. The first-order chi connectivity index (χ1) is 11.9. The molecule has 1 aromatic carbocycles. The summed E-state index contributed by atoms with van der Waals surface area (Å²) >= 11 is 0. The first-order valence-electron chi connectivity index (χ1n) is 8.37. The van der Waals surface area contributed by atoms with E-state index in [4.69, 9.17) is 4.74 Å². The number of ether oxygens (including phenoxy) is 1. The molecule has 1 rings (SSSR count). The Kier molecular flexibility index (Phi) is 9.12. The average Bonchev–Trinajstić information content (AvgIpc) is 2.57. The van der Waals surface area contributed by atoms with Crippen LogP contribution < -0.4 is 15.4 Å². The predicted octanol–water partition coefficient (Wildman–Crippen LogP) is 2.80.